The predicted octanol–water partition coefficient (Wildman–Crippen LogP) is 10.4. The van der Waals surface area contributed by atoms with Gasteiger partial charge in [-0.25, -0.2) is 4.79 Å². The molecule has 2 amide bonds. The highest BCUT2D eigenvalue weighted by Crippen LogP contribution is 2.52. The maximum atomic E-state index is 13.4. The molecule has 5 aliphatic rings. The van der Waals surface area contributed by atoms with Gasteiger partial charge in [0.25, 0.3) is 0 Å². The summed E-state index contributed by atoms with van der Waals surface area (Å²) < 4.78 is 5.79. The van der Waals surface area contributed by atoms with Crippen LogP contribution in [0.2, 0.25) is 0 Å². The van der Waals surface area contributed by atoms with E-state index in [1.54, 1.807) is 25.1 Å². The number of imide groups is 1. The van der Waals surface area contributed by atoms with Gasteiger partial charge in [-0.05, 0) is 141 Å². The number of anilines is 1. The van der Waals surface area contributed by atoms with E-state index in [2.05, 4.69) is 43.3 Å². The summed E-state index contributed by atoms with van der Waals surface area (Å²) in [5.74, 6) is 3.92. The van der Waals surface area contributed by atoms with E-state index in [4.69, 9.17) is 4.74 Å². The fourth-order valence-electron chi connectivity index (χ4n) is 10.2. The Morgan fingerprint density at radius 1 is 0.878 bits per heavy atom. The van der Waals surface area contributed by atoms with Crippen LogP contribution in [-0.2, 0) is 14.4 Å². The summed E-state index contributed by atoms with van der Waals surface area (Å²) in [5.41, 5.74) is 4.20. The lowest BCUT2D eigenvalue weighted by Gasteiger charge is -2.38. The van der Waals surface area contributed by atoms with Crippen molar-refractivity contribution < 1.29 is 19.1 Å². The number of benzene rings is 2. The summed E-state index contributed by atoms with van der Waals surface area (Å²) in [4.78, 5) is 41.0. The van der Waals surface area contributed by atoms with Crippen molar-refractivity contribution in [1.82, 2.24) is 0 Å². The molecule has 0 aromatic heterocycles. The third-order valence-corrected chi connectivity index (χ3v) is 13.1. The van der Waals surface area contributed by atoms with Crippen LogP contribution in [0.3, 0.4) is 0 Å². The number of piperidine rings is 1. The van der Waals surface area contributed by atoms with Crippen LogP contribution in [0.5, 0.6) is 5.75 Å². The molecule has 2 aromatic rings. The van der Waals surface area contributed by atoms with Crippen LogP contribution in [0.1, 0.15) is 126 Å². The van der Waals surface area contributed by atoms with Gasteiger partial charge in [-0.15, -0.1) is 0 Å². The van der Waals surface area contributed by atoms with Gasteiger partial charge in [0.05, 0.1) is 5.69 Å². The number of fused-ring (bicyclic) bond motifs is 5. The van der Waals surface area contributed by atoms with Crippen molar-refractivity contribution in [3.8, 4) is 5.75 Å². The smallest absolute Gasteiger partial charge is 0.339 e. The molecule has 2 aromatic carbocycles. The van der Waals surface area contributed by atoms with Gasteiger partial charge in [-0.2, -0.15) is 0 Å². The average molecular weight is 662 g/mol. The lowest BCUT2D eigenvalue weighted by atomic mass is 9.68. The van der Waals surface area contributed by atoms with E-state index in [1.165, 1.54) is 87.5 Å². The van der Waals surface area contributed by atoms with Crippen molar-refractivity contribution in [1.29, 1.82) is 0 Å². The molecule has 1 aliphatic heterocycles. The minimum Gasteiger partial charge on any atom is -0.423 e. The zero-order valence-corrected chi connectivity index (χ0v) is 29.9. The van der Waals surface area contributed by atoms with E-state index < -0.39 is 5.97 Å². The lowest BCUT2D eigenvalue weighted by Crippen LogP contribution is -2.50. The number of ether oxygens (including phenoxy) is 1. The maximum Gasteiger partial charge on any atom is 0.339 e. The first kappa shape index (κ1) is 34.0. The highest BCUT2D eigenvalue weighted by atomic mass is 16.5. The number of esters is 1. The second-order valence-electron chi connectivity index (χ2n) is 16.1. The first-order chi connectivity index (χ1) is 23.8. The van der Waals surface area contributed by atoms with Crippen LogP contribution in [0, 0.1) is 48.3 Å². The Morgan fingerprint density at radius 2 is 1.57 bits per heavy atom. The number of rotatable bonds is 10. The zero-order valence-electron chi connectivity index (χ0n) is 29.9. The van der Waals surface area contributed by atoms with E-state index in [9.17, 15) is 14.4 Å². The molecular weight excluding hydrogens is 606 g/mol. The molecule has 4 aliphatic carbocycles. The molecule has 5 nitrogen and oxygen atoms in total. The van der Waals surface area contributed by atoms with Gasteiger partial charge >= 0.3 is 5.97 Å². The molecule has 49 heavy (non-hydrogen) atoms. The van der Waals surface area contributed by atoms with Crippen LogP contribution in [0.15, 0.2) is 60.2 Å². The molecule has 4 atom stereocenters. The van der Waals surface area contributed by atoms with Crippen LogP contribution in [-0.4, -0.2) is 17.8 Å². The molecule has 0 radical (unpaired) electrons. The molecule has 3 saturated carbocycles. The summed E-state index contributed by atoms with van der Waals surface area (Å²) in [6.07, 6.45) is 24.4. The quantitative estimate of drug-likeness (QED) is 0.0635. The molecule has 1 saturated heterocycles. The molecule has 260 valence electrons. The fourth-order valence-corrected chi connectivity index (χ4v) is 10.2. The summed E-state index contributed by atoms with van der Waals surface area (Å²) in [6, 6.07) is 14.0. The Labute approximate surface area is 293 Å². The van der Waals surface area contributed by atoms with Crippen LogP contribution in [0.25, 0.3) is 6.08 Å². The second kappa shape index (κ2) is 14.8. The van der Waals surface area contributed by atoms with Crippen molar-refractivity contribution in [2.45, 2.75) is 117 Å². The van der Waals surface area contributed by atoms with Gasteiger partial charge in [0, 0.05) is 17.9 Å². The summed E-state index contributed by atoms with van der Waals surface area (Å²) in [5, 5.41) is 0. The van der Waals surface area contributed by atoms with Crippen molar-refractivity contribution in [3.05, 3.63) is 76.9 Å². The zero-order chi connectivity index (χ0) is 34.1. The molecule has 0 spiro atoms. The minimum absolute atomic E-state index is 0.0924. The normalized spacial score (nSPS) is 31.2. The first-order valence-electron chi connectivity index (χ1n) is 19.4. The number of carbonyl (C=O) groups excluding carboxylic acids is 3. The lowest BCUT2D eigenvalue weighted by molar-refractivity contribution is -0.135. The number of amides is 2. The SMILES string of the molecule is CCCCCC1CCC(C2CCC(c3ccc(/C=C(\C)C(=O)Oc4ccc(N5C(=O)CC6C7C=CC(C7)C6C5=O)cc4C)cc3)CC2)CC1. The number of unbranched alkanes of at least 4 members (excludes halogenated alkanes) is 2. The number of hydrogen-bond acceptors (Lipinski definition) is 4. The molecule has 7 rings (SSSR count). The summed E-state index contributed by atoms with van der Waals surface area (Å²) in [7, 11) is 0. The Morgan fingerprint density at radius 3 is 2.27 bits per heavy atom. The topological polar surface area (TPSA) is 63.7 Å². The number of nitrogens with zero attached hydrogens (tertiary/aromatic N) is 1. The van der Waals surface area contributed by atoms with Crippen molar-refractivity contribution in [2.24, 2.45) is 41.4 Å². The van der Waals surface area contributed by atoms with Crippen molar-refractivity contribution >= 4 is 29.5 Å². The summed E-state index contributed by atoms with van der Waals surface area (Å²) >= 11 is 0. The average Bonchev–Trinajstić information content (AvgIpc) is 3.73. The Balaban J connectivity index is 0.901. The van der Waals surface area contributed by atoms with Gasteiger partial charge in [0.2, 0.25) is 11.8 Å². The molecule has 1 heterocycles. The van der Waals surface area contributed by atoms with Crippen molar-refractivity contribution in [2.75, 3.05) is 4.90 Å². The predicted molar refractivity (Wildman–Crippen MR) is 196 cm³/mol. The molecule has 4 fully saturated rings. The van der Waals surface area contributed by atoms with E-state index in [0.29, 0.717) is 40.8 Å². The third-order valence-electron chi connectivity index (χ3n) is 13.1. The maximum absolute atomic E-state index is 13.4. The van der Waals surface area contributed by atoms with E-state index in [-0.39, 0.29) is 29.6 Å². The van der Waals surface area contributed by atoms with Gasteiger partial charge < -0.3 is 4.74 Å². The molecular formula is C44H55NO4. The van der Waals surface area contributed by atoms with Gasteiger partial charge in [-0.1, -0.05) is 81.9 Å². The first-order valence-corrected chi connectivity index (χ1v) is 19.4. The number of hydrogen-bond donors (Lipinski definition) is 0. The van der Waals surface area contributed by atoms with Gasteiger partial charge in [-0.3, -0.25) is 14.5 Å². The van der Waals surface area contributed by atoms with Crippen LogP contribution in [0.4, 0.5) is 5.69 Å². The van der Waals surface area contributed by atoms with Crippen molar-refractivity contribution in [3.63, 3.8) is 0 Å². The minimum atomic E-state index is -0.407. The largest absolute Gasteiger partial charge is 0.423 e. The second-order valence-corrected chi connectivity index (χ2v) is 16.1. The monoisotopic (exact) mass is 661 g/mol. The Kier molecular flexibility index (Phi) is 10.3. The molecule has 4 unspecified atom stereocenters. The van der Waals surface area contributed by atoms with E-state index in [1.807, 2.05) is 13.0 Å². The van der Waals surface area contributed by atoms with Crippen LogP contribution >= 0.6 is 0 Å². The third kappa shape index (κ3) is 7.23. The fraction of sp³-hybridized carbons (Fsp3) is 0.568. The van der Waals surface area contributed by atoms with Crippen LogP contribution < -0.4 is 9.64 Å². The van der Waals surface area contributed by atoms with E-state index >= 15 is 0 Å². The van der Waals surface area contributed by atoms with E-state index in [0.717, 1.165) is 29.7 Å². The molecule has 2 bridgehead atoms. The highest BCUT2D eigenvalue weighted by Gasteiger charge is 2.54. The van der Waals surface area contributed by atoms with Gasteiger partial charge in [0.15, 0.2) is 0 Å². The number of allylic oxidation sites excluding steroid dienone is 2. The standard InChI is InChI=1S/C44H55NO4/c1-4-5-6-7-30-8-12-32(13-9-30)34-16-18-35(19-17-34)33-14-10-31(11-15-33)24-29(3)44(48)49-40-23-22-38(25-28(40)2)45-41(46)27-39-36-20-21-37(26-36)42(39)43(45)47/h10-11,14-15,20-25,30,32,34-37,39,42H,4-9,12-13,16-19,26-27H2,1-3H3/b29-24+. The Hall–Kier alpha value is -3.47. The molecule has 5 heteroatoms. The van der Waals surface area contributed by atoms with Gasteiger partial charge in [0.1, 0.15) is 5.75 Å². The highest BCUT2D eigenvalue weighted by molar-refractivity contribution is 6.18. The summed E-state index contributed by atoms with van der Waals surface area (Å²) in [6.45, 7) is 5.93. The number of aryl methyl sites for hydroxylation is 1. The molecule has 0 N–H and O–H groups in total. The Bertz CT molecular complexity index is 1590. The number of carbonyl (C=O) groups is 3.